The van der Waals surface area contributed by atoms with Crippen LogP contribution in [0.1, 0.15) is 24.0 Å². The molecule has 0 heterocycles. The van der Waals surface area contributed by atoms with E-state index in [2.05, 4.69) is 16.7 Å². The second-order valence-electron chi connectivity index (χ2n) is 6.02. The van der Waals surface area contributed by atoms with Gasteiger partial charge >= 0.3 is 6.09 Å². The molecular formula is C19H18ClN3O2. The lowest BCUT2D eigenvalue weighted by Gasteiger charge is -2.36. The summed E-state index contributed by atoms with van der Waals surface area (Å²) in [6, 6.07) is 17.3. The predicted molar refractivity (Wildman–Crippen MR) is 96.4 cm³/mol. The Morgan fingerprint density at radius 1 is 1.20 bits per heavy atom. The molecule has 1 aliphatic carbocycles. The molecule has 1 fully saturated rings. The number of hydrogen-bond donors (Lipinski definition) is 2. The largest absolute Gasteiger partial charge is 0.445 e. The van der Waals surface area contributed by atoms with E-state index in [0.29, 0.717) is 10.6 Å². The predicted octanol–water partition coefficient (Wildman–Crippen LogP) is 4.08. The summed E-state index contributed by atoms with van der Waals surface area (Å²) in [7, 11) is 0. The normalized spacial score (nSPS) is 18.6. The lowest BCUT2D eigenvalue weighted by atomic mass is 9.86. The van der Waals surface area contributed by atoms with E-state index in [4.69, 9.17) is 21.6 Å². The fourth-order valence-electron chi connectivity index (χ4n) is 2.72. The Morgan fingerprint density at radius 3 is 2.68 bits per heavy atom. The molecule has 2 aromatic carbocycles. The zero-order chi connectivity index (χ0) is 17.6. The first-order valence-corrected chi connectivity index (χ1v) is 8.45. The van der Waals surface area contributed by atoms with E-state index < -0.39 is 6.09 Å². The molecule has 0 bridgehead atoms. The van der Waals surface area contributed by atoms with Crippen molar-refractivity contribution in [1.82, 2.24) is 5.32 Å². The maximum absolute atomic E-state index is 11.8. The molecule has 2 aromatic rings. The van der Waals surface area contributed by atoms with Crippen molar-refractivity contribution in [3.63, 3.8) is 0 Å². The van der Waals surface area contributed by atoms with Crippen molar-refractivity contribution in [1.29, 1.82) is 5.26 Å². The van der Waals surface area contributed by atoms with Gasteiger partial charge in [0.25, 0.3) is 0 Å². The topological polar surface area (TPSA) is 74.2 Å². The number of nitrogens with zero attached hydrogens (tertiary/aromatic N) is 1. The number of hydrogen-bond acceptors (Lipinski definition) is 4. The Bertz CT molecular complexity index is 783. The minimum absolute atomic E-state index is 0.100. The van der Waals surface area contributed by atoms with Crippen LogP contribution in [0.25, 0.3) is 0 Å². The van der Waals surface area contributed by atoms with Crippen molar-refractivity contribution in [3.05, 3.63) is 64.7 Å². The van der Waals surface area contributed by atoms with Gasteiger partial charge in [-0.05, 0) is 36.6 Å². The zero-order valence-corrected chi connectivity index (χ0v) is 14.3. The maximum atomic E-state index is 11.8. The summed E-state index contributed by atoms with van der Waals surface area (Å²) in [6.07, 6.45) is 1.22. The summed E-state index contributed by atoms with van der Waals surface area (Å²) in [4.78, 5) is 11.8. The maximum Gasteiger partial charge on any atom is 0.407 e. The van der Waals surface area contributed by atoms with Gasteiger partial charge in [0, 0.05) is 17.8 Å². The number of benzene rings is 2. The van der Waals surface area contributed by atoms with Gasteiger partial charge in [-0.3, -0.25) is 0 Å². The van der Waals surface area contributed by atoms with Crippen LogP contribution in [0.15, 0.2) is 48.5 Å². The van der Waals surface area contributed by atoms with Gasteiger partial charge in [-0.15, -0.1) is 0 Å². The van der Waals surface area contributed by atoms with Crippen LogP contribution >= 0.6 is 11.6 Å². The van der Waals surface area contributed by atoms with Crippen molar-refractivity contribution < 1.29 is 9.53 Å². The minimum atomic E-state index is -0.398. The van der Waals surface area contributed by atoms with Crippen LogP contribution in [0.4, 0.5) is 10.5 Å². The molecule has 0 aliphatic heterocycles. The van der Waals surface area contributed by atoms with Gasteiger partial charge in [-0.2, -0.15) is 5.26 Å². The first kappa shape index (κ1) is 17.1. The Kier molecular flexibility index (Phi) is 5.42. The highest BCUT2D eigenvalue weighted by molar-refractivity contribution is 6.31. The summed E-state index contributed by atoms with van der Waals surface area (Å²) < 4.78 is 5.21. The van der Waals surface area contributed by atoms with Crippen molar-refractivity contribution in [2.75, 3.05) is 5.32 Å². The third kappa shape index (κ3) is 4.65. The standard InChI is InChI=1S/C19H18ClN3O2/c20-18-7-6-15(8-14(18)11-21)22-16-9-17(10-16)23-19(24)25-12-13-4-2-1-3-5-13/h1-8,16-17,22H,9-10,12H2,(H,23,24). The molecule has 3 rings (SSSR count). The van der Waals surface area contributed by atoms with Crippen LogP contribution in [0, 0.1) is 11.3 Å². The van der Waals surface area contributed by atoms with Crippen LogP contribution in [-0.2, 0) is 11.3 Å². The number of carbonyl (C=O) groups is 1. The van der Waals surface area contributed by atoms with Crippen molar-refractivity contribution in [2.24, 2.45) is 0 Å². The van der Waals surface area contributed by atoms with Crippen LogP contribution in [-0.4, -0.2) is 18.2 Å². The number of nitrogens with one attached hydrogen (secondary N) is 2. The quantitative estimate of drug-likeness (QED) is 0.847. The molecule has 0 radical (unpaired) electrons. The molecule has 0 spiro atoms. The molecule has 6 heteroatoms. The Balaban J connectivity index is 1.39. The van der Waals surface area contributed by atoms with Gasteiger partial charge in [0.1, 0.15) is 12.7 Å². The summed E-state index contributed by atoms with van der Waals surface area (Å²) >= 11 is 5.92. The lowest BCUT2D eigenvalue weighted by molar-refractivity contribution is 0.129. The molecule has 0 atom stereocenters. The van der Waals surface area contributed by atoms with E-state index in [1.807, 2.05) is 36.4 Å². The Hall–Kier alpha value is -2.71. The molecule has 1 aliphatic rings. The van der Waals surface area contributed by atoms with Gasteiger partial charge in [-0.25, -0.2) is 4.79 Å². The molecule has 2 N–H and O–H groups in total. The Labute approximate surface area is 151 Å². The second-order valence-corrected chi connectivity index (χ2v) is 6.43. The minimum Gasteiger partial charge on any atom is -0.445 e. The van der Waals surface area contributed by atoms with E-state index >= 15 is 0 Å². The first-order chi connectivity index (χ1) is 12.1. The van der Waals surface area contributed by atoms with Gasteiger partial charge in [0.15, 0.2) is 0 Å². The third-order valence-electron chi connectivity index (χ3n) is 4.13. The van der Waals surface area contributed by atoms with E-state index in [1.54, 1.807) is 12.1 Å². The molecule has 1 amide bonds. The van der Waals surface area contributed by atoms with E-state index in [0.717, 1.165) is 24.1 Å². The monoisotopic (exact) mass is 355 g/mol. The highest BCUT2D eigenvalue weighted by atomic mass is 35.5. The molecule has 25 heavy (non-hydrogen) atoms. The summed E-state index contributed by atoms with van der Waals surface area (Å²) in [5, 5.41) is 15.6. The number of anilines is 1. The molecule has 0 aromatic heterocycles. The van der Waals surface area contributed by atoms with Crippen molar-refractivity contribution >= 4 is 23.4 Å². The first-order valence-electron chi connectivity index (χ1n) is 8.07. The second kappa shape index (κ2) is 7.91. The number of amides is 1. The van der Waals surface area contributed by atoms with E-state index in [1.165, 1.54) is 0 Å². The highest BCUT2D eigenvalue weighted by Gasteiger charge is 2.30. The zero-order valence-electron chi connectivity index (χ0n) is 13.5. The fourth-order valence-corrected chi connectivity index (χ4v) is 2.88. The molecular weight excluding hydrogens is 338 g/mol. The number of ether oxygens (including phenoxy) is 1. The van der Waals surface area contributed by atoms with Crippen LogP contribution < -0.4 is 10.6 Å². The van der Waals surface area contributed by atoms with Crippen LogP contribution in [0.5, 0.6) is 0 Å². The average Bonchev–Trinajstić information content (AvgIpc) is 2.60. The van der Waals surface area contributed by atoms with Gasteiger partial charge in [-0.1, -0.05) is 41.9 Å². The highest BCUT2D eigenvalue weighted by Crippen LogP contribution is 2.26. The van der Waals surface area contributed by atoms with Crippen molar-refractivity contribution in [2.45, 2.75) is 31.5 Å². The summed E-state index contributed by atoms with van der Waals surface area (Å²) in [5.74, 6) is 0. The molecule has 128 valence electrons. The van der Waals surface area contributed by atoms with Gasteiger partial charge < -0.3 is 15.4 Å². The summed E-state index contributed by atoms with van der Waals surface area (Å²) in [6.45, 7) is 0.267. The van der Waals surface area contributed by atoms with E-state index in [9.17, 15) is 4.79 Å². The smallest absolute Gasteiger partial charge is 0.407 e. The summed E-state index contributed by atoms with van der Waals surface area (Å²) in [5.41, 5.74) is 2.27. The Morgan fingerprint density at radius 2 is 1.96 bits per heavy atom. The molecule has 0 unspecified atom stereocenters. The number of halogens is 1. The number of nitriles is 1. The SMILES string of the molecule is N#Cc1cc(NC2CC(NC(=O)OCc3ccccc3)C2)ccc1Cl. The number of rotatable bonds is 5. The molecule has 5 nitrogen and oxygen atoms in total. The van der Waals surface area contributed by atoms with E-state index in [-0.39, 0.29) is 18.7 Å². The number of alkyl carbamates (subject to hydrolysis) is 1. The average molecular weight is 356 g/mol. The van der Waals surface area contributed by atoms with Gasteiger partial charge in [0.05, 0.1) is 10.6 Å². The lowest BCUT2D eigenvalue weighted by Crippen LogP contribution is -2.49. The van der Waals surface area contributed by atoms with Crippen LogP contribution in [0.3, 0.4) is 0 Å². The van der Waals surface area contributed by atoms with Crippen molar-refractivity contribution in [3.8, 4) is 6.07 Å². The third-order valence-corrected chi connectivity index (χ3v) is 4.46. The molecule has 0 saturated heterocycles. The fraction of sp³-hybridized carbons (Fsp3) is 0.263. The van der Waals surface area contributed by atoms with Gasteiger partial charge in [0.2, 0.25) is 0 Å². The molecule has 1 saturated carbocycles. The number of carbonyl (C=O) groups excluding carboxylic acids is 1. The van der Waals surface area contributed by atoms with Crippen LogP contribution in [0.2, 0.25) is 5.02 Å².